The Morgan fingerprint density at radius 2 is 2.23 bits per heavy atom. The van der Waals surface area contributed by atoms with Gasteiger partial charge in [-0.05, 0) is 29.9 Å². The number of H-pyrrole nitrogens is 1. The van der Waals surface area contributed by atoms with E-state index in [4.69, 9.17) is 4.74 Å². The van der Waals surface area contributed by atoms with Gasteiger partial charge in [0.1, 0.15) is 5.03 Å². The van der Waals surface area contributed by atoms with Gasteiger partial charge in [-0.1, -0.05) is 18.7 Å². The molecule has 0 bridgehead atoms. The van der Waals surface area contributed by atoms with Gasteiger partial charge in [-0.3, -0.25) is 4.79 Å². The Morgan fingerprint density at radius 1 is 1.36 bits per heavy atom. The summed E-state index contributed by atoms with van der Waals surface area (Å²) in [4.78, 5) is 23.8. The Labute approximate surface area is 137 Å². The van der Waals surface area contributed by atoms with Crippen LogP contribution in [0.4, 0.5) is 0 Å². The maximum atomic E-state index is 12.0. The fourth-order valence-corrected chi connectivity index (χ4v) is 4.14. The first-order chi connectivity index (χ1) is 10.7. The lowest BCUT2D eigenvalue weighted by Crippen LogP contribution is -2.15. The number of pyridine rings is 1. The van der Waals surface area contributed by atoms with E-state index in [9.17, 15) is 4.79 Å². The van der Waals surface area contributed by atoms with E-state index in [1.807, 2.05) is 12.3 Å². The molecule has 0 spiro atoms. The second-order valence-corrected chi connectivity index (χ2v) is 7.14. The minimum absolute atomic E-state index is 0.0870. The number of fused-ring (bicyclic) bond motifs is 1. The number of thioether (sulfide) groups is 2. The molecule has 1 aliphatic heterocycles. The average molecular weight is 335 g/mol. The molecule has 0 atom stereocenters. The molecule has 0 radical (unpaired) electrons. The number of hydrogen-bond acceptors (Lipinski definition) is 6. The van der Waals surface area contributed by atoms with Crippen LogP contribution in [0.3, 0.4) is 0 Å². The van der Waals surface area contributed by atoms with Gasteiger partial charge in [0.15, 0.2) is 5.16 Å². The van der Waals surface area contributed by atoms with Crippen molar-refractivity contribution in [1.29, 1.82) is 0 Å². The van der Waals surface area contributed by atoms with E-state index in [1.165, 1.54) is 22.9 Å². The number of aromatic amines is 1. The third kappa shape index (κ3) is 3.21. The van der Waals surface area contributed by atoms with Crippen molar-refractivity contribution in [2.75, 3.05) is 5.75 Å². The summed E-state index contributed by atoms with van der Waals surface area (Å²) in [7, 11) is 0. The molecule has 0 saturated heterocycles. The van der Waals surface area contributed by atoms with Gasteiger partial charge >= 0.3 is 0 Å². The van der Waals surface area contributed by atoms with Crippen LogP contribution in [0.5, 0.6) is 0 Å². The zero-order valence-electron chi connectivity index (χ0n) is 12.5. The second kappa shape index (κ2) is 6.85. The molecule has 22 heavy (non-hydrogen) atoms. The number of nitrogens with zero attached hydrogens (tertiary/aromatic N) is 2. The normalized spacial score (nSPS) is 13.4. The quantitative estimate of drug-likeness (QED) is 0.669. The lowest BCUT2D eigenvalue weighted by molar-refractivity contribution is 0.132. The van der Waals surface area contributed by atoms with Crippen LogP contribution in [-0.4, -0.2) is 20.7 Å². The van der Waals surface area contributed by atoms with Crippen LogP contribution in [0.1, 0.15) is 29.3 Å². The molecule has 116 valence electrons. The molecule has 2 aromatic rings. The fourth-order valence-electron chi connectivity index (χ4n) is 2.25. The summed E-state index contributed by atoms with van der Waals surface area (Å²) in [6.45, 7) is 4.99. The highest BCUT2D eigenvalue weighted by molar-refractivity contribution is 7.99. The van der Waals surface area contributed by atoms with Crippen LogP contribution in [0, 0.1) is 6.92 Å². The van der Waals surface area contributed by atoms with Crippen molar-refractivity contribution >= 4 is 23.5 Å². The minimum atomic E-state index is -0.0870. The number of aromatic nitrogens is 3. The predicted octanol–water partition coefficient (Wildman–Crippen LogP) is 2.91. The van der Waals surface area contributed by atoms with Gasteiger partial charge in [-0.25, -0.2) is 9.97 Å². The summed E-state index contributed by atoms with van der Waals surface area (Å²) >= 11 is 3.27. The summed E-state index contributed by atoms with van der Waals surface area (Å²) in [5.74, 6) is 1.73. The fraction of sp³-hybridized carbons (Fsp3) is 0.400. The molecule has 1 N–H and O–H groups in total. The number of ether oxygens (including phenoxy) is 1. The Kier molecular flexibility index (Phi) is 4.85. The number of hydrogen-bond donors (Lipinski definition) is 1. The van der Waals surface area contributed by atoms with E-state index in [2.05, 4.69) is 28.8 Å². The molecule has 2 aromatic heterocycles. The highest BCUT2D eigenvalue weighted by Crippen LogP contribution is 2.29. The number of nitrogens with one attached hydrogen (secondary N) is 1. The lowest BCUT2D eigenvalue weighted by atomic mass is 10.2. The predicted molar refractivity (Wildman–Crippen MR) is 88.3 cm³/mol. The first-order valence-electron chi connectivity index (χ1n) is 7.09. The van der Waals surface area contributed by atoms with Gasteiger partial charge in [0.25, 0.3) is 5.56 Å². The zero-order chi connectivity index (χ0) is 15.5. The minimum Gasteiger partial charge on any atom is -0.370 e. The molecule has 0 unspecified atom stereocenters. The van der Waals surface area contributed by atoms with Gasteiger partial charge in [-0.2, -0.15) is 0 Å². The molecule has 5 nitrogen and oxygen atoms in total. The molecule has 3 heterocycles. The highest BCUT2D eigenvalue weighted by Gasteiger charge is 2.18. The third-order valence-electron chi connectivity index (χ3n) is 3.45. The van der Waals surface area contributed by atoms with E-state index < -0.39 is 0 Å². The van der Waals surface area contributed by atoms with Crippen molar-refractivity contribution in [2.24, 2.45) is 0 Å². The molecular weight excluding hydrogens is 318 g/mol. The Balaban J connectivity index is 1.81. The third-order valence-corrected chi connectivity index (χ3v) is 5.26. The number of aryl methyl sites for hydroxylation is 1. The second-order valence-electron chi connectivity index (χ2n) is 4.92. The molecule has 7 heteroatoms. The molecule has 0 amide bonds. The first-order valence-corrected chi connectivity index (χ1v) is 9.06. The van der Waals surface area contributed by atoms with Gasteiger partial charge in [0.05, 0.1) is 24.5 Å². The van der Waals surface area contributed by atoms with Crippen LogP contribution < -0.4 is 5.56 Å². The molecule has 1 aliphatic rings. The van der Waals surface area contributed by atoms with E-state index in [0.717, 1.165) is 22.2 Å². The summed E-state index contributed by atoms with van der Waals surface area (Å²) in [5.41, 5.74) is 3.75. The Morgan fingerprint density at radius 3 is 3.05 bits per heavy atom. The van der Waals surface area contributed by atoms with Crippen LogP contribution >= 0.6 is 23.5 Å². The first kappa shape index (κ1) is 15.6. The average Bonchev–Trinajstić information content (AvgIpc) is 2.96. The SMILES string of the molecule is CCSc1nccc(C)c1CSc1nc2c(c(=O)[nH]1)COC2. The number of rotatable bonds is 5. The van der Waals surface area contributed by atoms with Gasteiger partial charge < -0.3 is 9.72 Å². The molecule has 3 rings (SSSR count). The smallest absolute Gasteiger partial charge is 0.257 e. The van der Waals surface area contributed by atoms with E-state index in [1.54, 1.807) is 11.8 Å². The van der Waals surface area contributed by atoms with E-state index in [-0.39, 0.29) is 5.56 Å². The largest absolute Gasteiger partial charge is 0.370 e. The van der Waals surface area contributed by atoms with Crippen LogP contribution in [-0.2, 0) is 23.7 Å². The van der Waals surface area contributed by atoms with Crippen molar-refractivity contribution in [3.63, 3.8) is 0 Å². The van der Waals surface area contributed by atoms with E-state index >= 15 is 0 Å². The van der Waals surface area contributed by atoms with Crippen LogP contribution in [0.15, 0.2) is 27.2 Å². The Bertz CT molecular complexity index is 746. The van der Waals surface area contributed by atoms with Crippen molar-refractivity contribution in [1.82, 2.24) is 15.0 Å². The summed E-state index contributed by atoms with van der Waals surface area (Å²) in [6, 6.07) is 2.02. The molecule has 0 aromatic carbocycles. The molecular formula is C15H17N3O2S2. The van der Waals surface area contributed by atoms with Crippen LogP contribution in [0.2, 0.25) is 0 Å². The van der Waals surface area contributed by atoms with Crippen molar-refractivity contribution in [3.8, 4) is 0 Å². The summed E-state index contributed by atoms with van der Waals surface area (Å²) < 4.78 is 5.28. The van der Waals surface area contributed by atoms with Crippen molar-refractivity contribution in [2.45, 2.75) is 43.0 Å². The van der Waals surface area contributed by atoms with Crippen molar-refractivity contribution < 1.29 is 4.74 Å². The maximum Gasteiger partial charge on any atom is 0.257 e. The molecule has 0 fully saturated rings. The van der Waals surface area contributed by atoms with Crippen molar-refractivity contribution in [3.05, 3.63) is 45.0 Å². The topological polar surface area (TPSA) is 67.9 Å². The standard InChI is InChI=1S/C15H17N3O2S2/c1-3-21-14-11(9(2)4-5-16-14)8-22-15-17-12-7-20-6-10(12)13(19)18-15/h4-5H,3,6-8H2,1-2H3,(H,17,18,19). The van der Waals surface area contributed by atoms with Gasteiger partial charge in [0, 0.05) is 11.9 Å². The maximum absolute atomic E-state index is 12.0. The lowest BCUT2D eigenvalue weighted by Gasteiger charge is -2.10. The Hall–Kier alpha value is -1.31. The van der Waals surface area contributed by atoms with Crippen LogP contribution in [0.25, 0.3) is 0 Å². The highest BCUT2D eigenvalue weighted by atomic mass is 32.2. The van der Waals surface area contributed by atoms with Gasteiger partial charge in [-0.15, -0.1) is 11.8 Å². The zero-order valence-corrected chi connectivity index (χ0v) is 14.1. The molecule has 0 aliphatic carbocycles. The van der Waals surface area contributed by atoms with E-state index in [0.29, 0.717) is 23.9 Å². The summed E-state index contributed by atoms with van der Waals surface area (Å²) in [6.07, 6.45) is 1.84. The molecule has 0 saturated carbocycles. The monoisotopic (exact) mass is 335 g/mol. The van der Waals surface area contributed by atoms with Gasteiger partial charge in [0.2, 0.25) is 0 Å². The summed E-state index contributed by atoms with van der Waals surface area (Å²) in [5, 5.41) is 1.70.